The first-order valence-electron chi connectivity index (χ1n) is 6.49. The smallest absolute Gasteiger partial charge is 0.272 e. The number of nitrogens with one attached hydrogen (secondary N) is 2. The molecule has 5 nitrogen and oxygen atoms in total. The SMILES string of the molecule is CCCCCC(C)NC(=O)c1ccc(NC)nn1. The fourth-order valence-corrected chi connectivity index (χ4v) is 1.66. The zero-order valence-electron chi connectivity index (χ0n) is 11.4. The van der Waals surface area contributed by atoms with Crippen LogP contribution in [0.15, 0.2) is 12.1 Å². The summed E-state index contributed by atoms with van der Waals surface area (Å²) in [5.41, 5.74) is 0.358. The van der Waals surface area contributed by atoms with Crippen molar-refractivity contribution in [1.29, 1.82) is 0 Å². The van der Waals surface area contributed by atoms with Gasteiger partial charge in [-0.05, 0) is 25.5 Å². The van der Waals surface area contributed by atoms with Crippen molar-refractivity contribution in [2.24, 2.45) is 0 Å². The van der Waals surface area contributed by atoms with Gasteiger partial charge >= 0.3 is 0 Å². The summed E-state index contributed by atoms with van der Waals surface area (Å²) in [7, 11) is 1.76. The lowest BCUT2D eigenvalue weighted by Crippen LogP contribution is -2.33. The summed E-state index contributed by atoms with van der Waals surface area (Å²) >= 11 is 0. The van der Waals surface area contributed by atoms with Gasteiger partial charge in [0.05, 0.1) is 0 Å². The molecule has 2 N–H and O–H groups in total. The number of hydrogen-bond acceptors (Lipinski definition) is 4. The molecule has 0 aliphatic heterocycles. The molecule has 1 rings (SSSR count). The lowest BCUT2D eigenvalue weighted by Gasteiger charge is -2.12. The van der Waals surface area contributed by atoms with E-state index in [4.69, 9.17) is 0 Å². The molecule has 1 unspecified atom stereocenters. The normalized spacial score (nSPS) is 11.9. The number of hydrogen-bond donors (Lipinski definition) is 2. The highest BCUT2D eigenvalue weighted by Crippen LogP contribution is 2.05. The minimum atomic E-state index is -0.158. The molecule has 0 radical (unpaired) electrons. The van der Waals surface area contributed by atoms with Crippen LogP contribution in [-0.4, -0.2) is 29.2 Å². The lowest BCUT2D eigenvalue weighted by atomic mass is 10.1. The summed E-state index contributed by atoms with van der Waals surface area (Å²) < 4.78 is 0. The Morgan fingerprint density at radius 1 is 1.33 bits per heavy atom. The minimum absolute atomic E-state index is 0.158. The Morgan fingerprint density at radius 2 is 2.11 bits per heavy atom. The molecule has 1 aromatic heterocycles. The predicted octanol–water partition coefficient (Wildman–Crippen LogP) is 2.22. The number of nitrogens with zero attached hydrogens (tertiary/aromatic N) is 2. The van der Waals surface area contributed by atoms with E-state index in [2.05, 4.69) is 27.8 Å². The highest BCUT2D eigenvalue weighted by Gasteiger charge is 2.11. The number of anilines is 1. The zero-order valence-corrected chi connectivity index (χ0v) is 11.4. The van der Waals surface area contributed by atoms with Crippen molar-refractivity contribution >= 4 is 11.7 Å². The molecule has 0 aliphatic rings. The second-order valence-electron chi connectivity index (χ2n) is 4.42. The van der Waals surface area contributed by atoms with Gasteiger partial charge in [-0.2, -0.15) is 0 Å². The van der Waals surface area contributed by atoms with E-state index in [0.717, 1.165) is 12.8 Å². The third-order valence-electron chi connectivity index (χ3n) is 2.77. The van der Waals surface area contributed by atoms with E-state index in [1.165, 1.54) is 12.8 Å². The van der Waals surface area contributed by atoms with Gasteiger partial charge in [0.1, 0.15) is 5.82 Å². The van der Waals surface area contributed by atoms with E-state index in [1.807, 2.05) is 6.92 Å². The summed E-state index contributed by atoms with van der Waals surface area (Å²) in [5.74, 6) is 0.497. The highest BCUT2D eigenvalue weighted by atomic mass is 16.2. The van der Waals surface area contributed by atoms with Crippen LogP contribution in [0, 0.1) is 0 Å². The lowest BCUT2D eigenvalue weighted by molar-refractivity contribution is 0.0932. The molecule has 1 atom stereocenters. The Labute approximate surface area is 108 Å². The third kappa shape index (κ3) is 4.69. The van der Waals surface area contributed by atoms with Crippen LogP contribution in [0.1, 0.15) is 50.0 Å². The van der Waals surface area contributed by atoms with Gasteiger partial charge in [0, 0.05) is 13.1 Å². The summed E-state index contributed by atoms with van der Waals surface area (Å²) in [6, 6.07) is 3.59. The number of carbonyl (C=O) groups is 1. The number of aromatic nitrogens is 2. The molecule has 5 heteroatoms. The quantitative estimate of drug-likeness (QED) is 0.728. The molecule has 0 saturated heterocycles. The van der Waals surface area contributed by atoms with E-state index in [-0.39, 0.29) is 11.9 Å². The molecule has 1 heterocycles. The van der Waals surface area contributed by atoms with Gasteiger partial charge in [-0.25, -0.2) is 0 Å². The summed E-state index contributed by atoms with van der Waals surface area (Å²) in [6.07, 6.45) is 4.54. The number of unbranched alkanes of at least 4 members (excludes halogenated alkanes) is 2. The highest BCUT2D eigenvalue weighted by molar-refractivity contribution is 5.92. The van der Waals surface area contributed by atoms with Gasteiger partial charge in [-0.1, -0.05) is 26.2 Å². The van der Waals surface area contributed by atoms with Crippen LogP contribution in [0.25, 0.3) is 0 Å². The van der Waals surface area contributed by atoms with Crippen LogP contribution in [0.3, 0.4) is 0 Å². The van der Waals surface area contributed by atoms with Crippen molar-refractivity contribution in [3.63, 3.8) is 0 Å². The van der Waals surface area contributed by atoms with E-state index >= 15 is 0 Å². The largest absolute Gasteiger partial charge is 0.372 e. The van der Waals surface area contributed by atoms with Crippen molar-refractivity contribution in [3.05, 3.63) is 17.8 Å². The monoisotopic (exact) mass is 250 g/mol. The molecule has 1 amide bonds. The van der Waals surface area contributed by atoms with E-state index < -0.39 is 0 Å². The number of carbonyl (C=O) groups excluding carboxylic acids is 1. The Hall–Kier alpha value is -1.65. The van der Waals surface area contributed by atoms with E-state index in [9.17, 15) is 4.79 Å². The topological polar surface area (TPSA) is 66.9 Å². The second-order valence-corrected chi connectivity index (χ2v) is 4.42. The average molecular weight is 250 g/mol. The van der Waals surface area contributed by atoms with Crippen LogP contribution in [0.4, 0.5) is 5.82 Å². The minimum Gasteiger partial charge on any atom is -0.372 e. The van der Waals surface area contributed by atoms with E-state index in [0.29, 0.717) is 11.5 Å². The first kappa shape index (κ1) is 14.4. The maximum Gasteiger partial charge on any atom is 0.272 e. The first-order valence-corrected chi connectivity index (χ1v) is 6.49. The van der Waals surface area contributed by atoms with Gasteiger partial charge in [0.15, 0.2) is 5.69 Å². The van der Waals surface area contributed by atoms with Crippen LogP contribution in [0.2, 0.25) is 0 Å². The molecule has 18 heavy (non-hydrogen) atoms. The molecule has 0 bridgehead atoms. The first-order chi connectivity index (χ1) is 8.67. The molecule has 100 valence electrons. The maximum atomic E-state index is 11.9. The zero-order chi connectivity index (χ0) is 13.4. The van der Waals surface area contributed by atoms with Crippen molar-refractivity contribution in [2.45, 2.75) is 45.6 Å². The molecular weight excluding hydrogens is 228 g/mol. The summed E-state index contributed by atoms with van der Waals surface area (Å²) in [5, 5.41) is 13.5. The summed E-state index contributed by atoms with van der Waals surface area (Å²) in [4.78, 5) is 11.9. The van der Waals surface area contributed by atoms with Crippen molar-refractivity contribution in [2.75, 3.05) is 12.4 Å². The molecule has 0 fully saturated rings. The van der Waals surface area contributed by atoms with Gasteiger partial charge in [0.25, 0.3) is 5.91 Å². The Kier molecular flexibility index (Phi) is 6.11. The average Bonchev–Trinajstić information content (AvgIpc) is 2.39. The number of amides is 1. The molecule has 0 saturated carbocycles. The van der Waals surface area contributed by atoms with Crippen molar-refractivity contribution in [3.8, 4) is 0 Å². The van der Waals surface area contributed by atoms with Crippen LogP contribution >= 0.6 is 0 Å². The van der Waals surface area contributed by atoms with Gasteiger partial charge in [-0.15, -0.1) is 10.2 Å². The molecule has 0 spiro atoms. The number of rotatable bonds is 7. The molecule has 1 aromatic rings. The van der Waals surface area contributed by atoms with Crippen LogP contribution in [-0.2, 0) is 0 Å². The van der Waals surface area contributed by atoms with Crippen LogP contribution < -0.4 is 10.6 Å². The molecular formula is C13H22N4O. The van der Waals surface area contributed by atoms with E-state index in [1.54, 1.807) is 19.2 Å². The van der Waals surface area contributed by atoms with Gasteiger partial charge in [0.2, 0.25) is 0 Å². The molecule has 0 aliphatic carbocycles. The maximum absolute atomic E-state index is 11.9. The van der Waals surface area contributed by atoms with Crippen molar-refractivity contribution in [1.82, 2.24) is 15.5 Å². The third-order valence-corrected chi connectivity index (χ3v) is 2.77. The Bertz CT molecular complexity index is 364. The molecule has 0 aromatic carbocycles. The standard InChI is InChI=1S/C13H22N4O/c1-4-5-6-7-10(2)15-13(18)11-8-9-12(14-3)17-16-11/h8-10H,4-7H2,1-3H3,(H,14,17)(H,15,18). The fraction of sp³-hybridized carbons (Fsp3) is 0.615. The van der Waals surface area contributed by atoms with Crippen LogP contribution in [0.5, 0.6) is 0 Å². The fourth-order valence-electron chi connectivity index (χ4n) is 1.66. The Morgan fingerprint density at radius 3 is 2.67 bits per heavy atom. The Balaban J connectivity index is 2.43. The summed E-state index contributed by atoms with van der Waals surface area (Å²) in [6.45, 7) is 4.19. The predicted molar refractivity (Wildman–Crippen MR) is 72.6 cm³/mol. The second kappa shape index (κ2) is 7.63. The van der Waals surface area contributed by atoms with Gasteiger partial charge in [-0.3, -0.25) is 4.79 Å². The van der Waals surface area contributed by atoms with Gasteiger partial charge < -0.3 is 10.6 Å². The van der Waals surface area contributed by atoms with Crippen molar-refractivity contribution < 1.29 is 4.79 Å².